The number of benzene rings is 1. The van der Waals surface area contributed by atoms with Gasteiger partial charge in [-0.15, -0.1) is 0 Å². The molecule has 15 heavy (non-hydrogen) atoms. The SMILES string of the molecule is CC(C)c1cccc2c1nc(CN)n2C. The zero-order valence-electron chi connectivity index (χ0n) is 9.49. The highest BCUT2D eigenvalue weighted by Gasteiger charge is 2.11. The molecule has 0 saturated carbocycles. The third kappa shape index (κ3) is 1.53. The highest BCUT2D eigenvalue weighted by atomic mass is 15.1. The van der Waals surface area contributed by atoms with E-state index in [1.165, 1.54) is 11.1 Å². The van der Waals surface area contributed by atoms with E-state index in [1.807, 2.05) is 7.05 Å². The standard InChI is InChI=1S/C12H17N3/c1-8(2)9-5-4-6-10-12(9)14-11(7-13)15(10)3/h4-6,8H,7,13H2,1-3H3. The van der Waals surface area contributed by atoms with Crippen LogP contribution in [0.15, 0.2) is 18.2 Å². The summed E-state index contributed by atoms with van der Waals surface area (Å²) in [5.74, 6) is 1.44. The van der Waals surface area contributed by atoms with Crippen molar-refractivity contribution in [2.45, 2.75) is 26.3 Å². The number of rotatable bonds is 2. The lowest BCUT2D eigenvalue weighted by Crippen LogP contribution is -2.04. The summed E-state index contributed by atoms with van der Waals surface area (Å²) >= 11 is 0. The van der Waals surface area contributed by atoms with Gasteiger partial charge in [0.1, 0.15) is 5.82 Å². The Morgan fingerprint density at radius 3 is 2.73 bits per heavy atom. The number of para-hydroxylation sites is 1. The minimum atomic E-state index is 0.489. The van der Waals surface area contributed by atoms with Crippen molar-refractivity contribution < 1.29 is 0 Å². The third-order valence-corrected chi connectivity index (χ3v) is 2.84. The van der Waals surface area contributed by atoms with Gasteiger partial charge in [0.2, 0.25) is 0 Å². The quantitative estimate of drug-likeness (QED) is 0.812. The molecule has 0 bridgehead atoms. The number of nitrogens with two attached hydrogens (primary N) is 1. The van der Waals surface area contributed by atoms with Gasteiger partial charge >= 0.3 is 0 Å². The minimum Gasteiger partial charge on any atom is -0.330 e. The second-order valence-corrected chi connectivity index (χ2v) is 4.16. The van der Waals surface area contributed by atoms with Crippen molar-refractivity contribution in [3.63, 3.8) is 0 Å². The maximum absolute atomic E-state index is 5.66. The number of hydrogen-bond donors (Lipinski definition) is 1. The molecular formula is C12H17N3. The Balaban J connectivity index is 2.76. The summed E-state index contributed by atoms with van der Waals surface area (Å²) in [6, 6.07) is 6.31. The van der Waals surface area contributed by atoms with E-state index < -0.39 is 0 Å². The lowest BCUT2D eigenvalue weighted by molar-refractivity contribution is 0.812. The van der Waals surface area contributed by atoms with Crippen molar-refractivity contribution >= 4 is 11.0 Å². The van der Waals surface area contributed by atoms with Crippen LogP contribution in [0, 0.1) is 0 Å². The Bertz CT molecular complexity index is 483. The molecule has 1 aromatic heterocycles. The summed E-state index contributed by atoms with van der Waals surface area (Å²) < 4.78 is 2.07. The molecule has 2 N–H and O–H groups in total. The molecular weight excluding hydrogens is 186 g/mol. The van der Waals surface area contributed by atoms with Gasteiger partial charge in [0.25, 0.3) is 0 Å². The van der Waals surface area contributed by atoms with Crippen LogP contribution >= 0.6 is 0 Å². The average molecular weight is 203 g/mol. The fourth-order valence-electron chi connectivity index (χ4n) is 1.93. The number of imidazole rings is 1. The Labute approximate surface area is 89.9 Å². The van der Waals surface area contributed by atoms with Gasteiger partial charge in [0.15, 0.2) is 0 Å². The van der Waals surface area contributed by atoms with E-state index in [4.69, 9.17) is 5.73 Å². The van der Waals surface area contributed by atoms with Crippen molar-refractivity contribution in [3.8, 4) is 0 Å². The molecule has 0 saturated heterocycles. The van der Waals surface area contributed by atoms with Gasteiger partial charge in [-0.1, -0.05) is 26.0 Å². The maximum Gasteiger partial charge on any atom is 0.123 e. The molecule has 1 aromatic carbocycles. The molecule has 3 heteroatoms. The van der Waals surface area contributed by atoms with Gasteiger partial charge < -0.3 is 10.3 Å². The van der Waals surface area contributed by atoms with Crippen LogP contribution in [-0.2, 0) is 13.6 Å². The molecule has 0 aliphatic carbocycles. The Morgan fingerprint density at radius 1 is 1.40 bits per heavy atom. The first-order valence-electron chi connectivity index (χ1n) is 5.29. The van der Waals surface area contributed by atoms with Crippen LogP contribution in [0.25, 0.3) is 11.0 Å². The topological polar surface area (TPSA) is 43.8 Å². The van der Waals surface area contributed by atoms with Crippen LogP contribution in [0.4, 0.5) is 0 Å². The Morgan fingerprint density at radius 2 is 2.13 bits per heavy atom. The predicted molar refractivity (Wildman–Crippen MR) is 62.7 cm³/mol. The normalized spacial score (nSPS) is 11.5. The van der Waals surface area contributed by atoms with Crippen LogP contribution < -0.4 is 5.73 Å². The van der Waals surface area contributed by atoms with Crippen LogP contribution in [0.1, 0.15) is 31.2 Å². The molecule has 0 radical (unpaired) electrons. The van der Waals surface area contributed by atoms with Crippen LogP contribution in [0.2, 0.25) is 0 Å². The second kappa shape index (κ2) is 3.66. The van der Waals surface area contributed by atoms with Crippen LogP contribution in [-0.4, -0.2) is 9.55 Å². The molecule has 1 heterocycles. The second-order valence-electron chi connectivity index (χ2n) is 4.16. The first-order valence-corrected chi connectivity index (χ1v) is 5.29. The van der Waals surface area contributed by atoms with E-state index in [-0.39, 0.29) is 0 Å². The summed E-state index contributed by atoms with van der Waals surface area (Å²) in [7, 11) is 2.02. The fraction of sp³-hybridized carbons (Fsp3) is 0.417. The van der Waals surface area contributed by atoms with E-state index in [0.29, 0.717) is 12.5 Å². The summed E-state index contributed by atoms with van der Waals surface area (Å²) in [6.45, 7) is 4.86. The van der Waals surface area contributed by atoms with Crippen molar-refractivity contribution in [2.75, 3.05) is 0 Å². The van der Waals surface area contributed by atoms with E-state index in [2.05, 4.69) is 41.6 Å². The third-order valence-electron chi connectivity index (χ3n) is 2.84. The summed E-state index contributed by atoms with van der Waals surface area (Å²) in [5.41, 5.74) is 9.21. The number of fused-ring (bicyclic) bond motifs is 1. The molecule has 0 unspecified atom stereocenters. The largest absolute Gasteiger partial charge is 0.330 e. The zero-order chi connectivity index (χ0) is 11.0. The van der Waals surface area contributed by atoms with E-state index in [0.717, 1.165) is 11.3 Å². The number of hydrogen-bond acceptors (Lipinski definition) is 2. The van der Waals surface area contributed by atoms with Crippen molar-refractivity contribution in [3.05, 3.63) is 29.6 Å². The summed E-state index contributed by atoms with van der Waals surface area (Å²) in [5, 5.41) is 0. The molecule has 0 fully saturated rings. The van der Waals surface area contributed by atoms with Crippen LogP contribution in [0.3, 0.4) is 0 Å². The lowest BCUT2D eigenvalue weighted by Gasteiger charge is -2.05. The monoisotopic (exact) mass is 203 g/mol. The summed E-state index contributed by atoms with van der Waals surface area (Å²) in [6.07, 6.45) is 0. The maximum atomic E-state index is 5.66. The van der Waals surface area contributed by atoms with Crippen LogP contribution in [0.5, 0.6) is 0 Å². The summed E-state index contributed by atoms with van der Waals surface area (Å²) in [4.78, 5) is 4.59. The highest BCUT2D eigenvalue weighted by Crippen LogP contribution is 2.24. The molecule has 80 valence electrons. The van der Waals surface area contributed by atoms with Gasteiger partial charge in [-0.3, -0.25) is 0 Å². The van der Waals surface area contributed by atoms with Crippen molar-refractivity contribution in [1.29, 1.82) is 0 Å². The molecule has 0 amide bonds. The number of aryl methyl sites for hydroxylation is 1. The smallest absolute Gasteiger partial charge is 0.123 e. The highest BCUT2D eigenvalue weighted by molar-refractivity contribution is 5.80. The van der Waals surface area contributed by atoms with Crippen molar-refractivity contribution in [2.24, 2.45) is 12.8 Å². The molecule has 0 atom stereocenters. The first-order chi connectivity index (χ1) is 7.15. The van der Waals surface area contributed by atoms with Crippen molar-refractivity contribution in [1.82, 2.24) is 9.55 Å². The Hall–Kier alpha value is -1.35. The molecule has 0 aliphatic heterocycles. The molecule has 0 aliphatic rings. The zero-order valence-corrected chi connectivity index (χ0v) is 9.49. The first kappa shape index (κ1) is 10.2. The molecule has 2 aromatic rings. The van der Waals surface area contributed by atoms with Gasteiger partial charge in [0, 0.05) is 7.05 Å². The van der Waals surface area contributed by atoms with E-state index >= 15 is 0 Å². The average Bonchev–Trinajstić information content (AvgIpc) is 2.55. The fourth-order valence-corrected chi connectivity index (χ4v) is 1.93. The molecule has 2 rings (SSSR count). The molecule has 3 nitrogen and oxygen atoms in total. The van der Waals surface area contributed by atoms with Gasteiger partial charge in [-0.05, 0) is 17.5 Å². The Kier molecular flexibility index (Phi) is 2.49. The minimum absolute atomic E-state index is 0.489. The molecule has 0 spiro atoms. The van der Waals surface area contributed by atoms with Gasteiger partial charge in [-0.25, -0.2) is 4.98 Å². The van der Waals surface area contributed by atoms with E-state index in [1.54, 1.807) is 0 Å². The predicted octanol–water partition coefficient (Wildman–Crippen LogP) is 2.16. The number of aromatic nitrogens is 2. The van der Waals surface area contributed by atoms with E-state index in [9.17, 15) is 0 Å². The number of nitrogens with zero attached hydrogens (tertiary/aromatic N) is 2. The van der Waals surface area contributed by atoms with Gasteiger partial charge in [0.05, 0.1) is 17.6 Å². The lowest BCUT2D eigenvalue weighted by atomic mass is 10.0. The van der Waals surface area contributed by atoms with Gasteiger partial charge in [-0.2, -0.15) is 0 Å².